The van der Waals surface area contributed by atoms with E-state index in [-0.39, 0.29) is 11.1 Å². The third kappa shape index (κ3) is 2.03. The fourth-order valence-corrected chi connectivity index (χ4v) is 1.41. The summed E-state index contributed by atoms with van der Waals surface area (Å²) < 4.78 is 1.50. The second kappa shape index (κ2) is 3.67. The van der Waals surface area contributed by atoms with E-state index in [4.69, 9.17) is 28.9 Å². The second-order valence-corrected chi connectivity index (χ2v) is 3.71. The van der Waals surface area contributed by atoms with E-state index < -0.39 is 0 Å². The molecule has 0 bridgehead atoms. The van der Waals surface area contributed by atoms with Gasteiger partial charge in [-0.05, 0) is 6.92 Å². The van der Waals surface area contributed by atoms with Crippen LogP contribution in [0.3, 0.4) is 0 Å². The highest BCUT2D eigenvalue weighted by Crippen LogP contribution is 2.17. The Hall–Kier alpha value is -1.33. The molecule has 2 rings (SSSR count). The molecule has 78 valence electrons. The van der Waals surface area contributed by atoms with Crippen molar-refractivity contribution in [1.29, 1.82) is 0 Å². The zero-order valence-corrected chi connectivity index (χ0v) is 9.29. The van der Waals surface area contributed by atoms with Crippen molar-refractivity contribution in [2.24, 2.45) is 0 Å². The molecule has 0 amide bonds. The number of hydrogen-bond donors (Lipinski definition) is 1. The highest BCUT2D eigenvalue weighted by molar-refractivity contribution is 6.31. The van der Waals surface area contributed by atoms with Gasteiger partial charge < -0.3 is 5.73 Å². The molecule has 0 aromatic carbocycles. The van der Waals surface area contributed by atoms with Crippen molar-refractivity contribution >= 4 is 29.2 Å². The Kier molecular flexibility index (Phi) is 2.50. The van der Waals surface area contributed by atoms with Gasteiger partial charge in [-0.3, -0.25) is 0 Å². The lowest BCUT2D eigenvalue weighted by Gasteiger charge is -2.01. The number of halogens is 2. The van der Waals surface area contributed by atoms with Gasteiger partial charge in [0.15, 0.2) is 5.82 Å². The highest BCUT2D eigenvalue weighted by Gasteiger charge is 2.07. The first-order chi connectivity index (χ1) is 7.06. The quantitative estimate of drug-likeness (QED) is 0.777. The Labute approximate surface area is 95.8 Å². The molecular weight excluding hydrogens is 237 g/mol. The van der Waals surface area contributed by atoms with Crippen molar-refractivity contribution < 1.29 is 0 Å². The molecule has 0 aliphatic rings. The Bertz CT molecular complexity index is 468. The Morgan fingerprint density at radius 2 is 2.07 bits per heavy atom. The van der Waals surface area contributed by atoms with Crippen LogP contribution >= 0.6 is 23.2 Å². The minimum absolute atomic E-state index is 0.0989. The number of nitrogens with zero attached hydrogens (tertiary/aromatic N) is 4. The Morgan fingerprint density at radius 3 is 2.60 bits per heavy atom. The van der Waals surface area contributed by atoms with Crippen molar-refractivity contribution in [2.45, 2.75) is 6.92 Å². The van der Waals surface area contributed by atoms with Crippen molar-refractivity contribution in [1.82, 2.24) is 19.7 Å². The van der Waals surface area contributed by atoms with Gasteiger partial charge in [-0.15, -0.1) is 0 Å². The SMILES string of the molecule is Cc1nn(-c2cc(Cl)nc(N)n2)cc1Cl. The van der Waals surface area contributed by atoms with E-state index in [2.05, 4.69) is 15.1 Å². The van der Waals surface area contributed by atoms with E-state index in [9.17, 15) is 0 Å². The third-order valence-electron chi connectivity index (χ3n) is 1.77. The number of nitrogen functional groups attached to an aromatic ring is 1. The summed E-state index contributed by atoms with van der Waals surface area (Å²) in [5, 5.41) is 4.97. The molecule has 7 heteroatoms. The summed E-state index contributed by atoms with van der Waals surface area (Å²) in [6, 6.07) is 1.56. The maximum atomic E-state index is 5.87. The molecule has 0 aliphatic heterocycles. The highest BCUT2D eigenvalue weighted by atomic mass is 35.5. The van der Waals surface area contributed by atoms with E-state index in [1.54, 1.807) is 19.2 Å². The zero-order valence-electron chi connectivity index (χ0n) is 7.78. The van der Waals surface area contributed by atoms with Gasteiger partial charge in [-0.1, -0.05) is 23.2 Å². The van der Waals surface area contributed by atoms with E-state index in [1.165, 1.54) is 4.68 Å². The number of aromatic nitrogens is 4. The lowest BCUT2D eigenvalue weighted by atomic mass is 10.5. The van der Waals surface area contributed by atoms with E-state index in [0.717, 1.165) is 0 Å². The van der Waals surface area contributed by atoms with Gasteiger partial charge in [0.05, 0.1) is 16.9 Å². The third-order valence-corrected chi connectivity index (χ3v) is 2.34. The zero-order chi connectivity index (χ0) is 11.0. The lowest BCUT2D eigenvalue weighted by molar-refractivity contribution is 0.829. The predicted octanol–water partition coefficient (Wildman–Crippen LogP) is 1.86. The number of hydrogen-bond acceptors (Lipinski definition) is 4. The molecule has 5 nitrogen and oxygen atoms in total. The number of nitrogens with two attached hydrogens (primary N) is 1. The molecule has 2 aromatic heterocycles. The summed E-state index contributed by atoms with van der Waals surface area (Å²) >= 11 is 11.6. The molecular formula is C8H7Cl2N5. The van der Waals surface area contributed by atoms with Gasteiger partial charge in [0.25, 0.3) is 0 Å². The van der Waals surface area contributed by atoms with Gasteiger partial charge in [-0.2, -0.15) is 10.1 Å². The monoisotopic (exact) mass is 243 g/mol. The fourth-order valence-electron chi connectivity index (χ4n) is 1.10. The van der Waals surface area contributed by atoms with Crippen molar-refractivity contribution in [2.75, 3.05) is 5.73 Å². The fraction of sp³-hybridized carbons (Fsp3) is 0.125. The standard InChI is InChI=1S/C8H7Cl2N5/c1-4-5(9)3-15(14-4)7-2-6(10)12-8(11)13-7/h2-3H,1H3,(H2,11,12,13). The topological polar surface area (TPSA) is 69.6 Å². The molecule has 0 unspecified atom stereocenters. The Balaban J connectivity index is 2.53. The molecule has 0 radical (unpaired) electrons. The summed E-state index contributed by atoms with van der Waals surface area (Å²) in [7, 11) is 0. The van der Waals surface area contributed by atoms with Crippen molar-refractivity contribution in [3.05, 3.63) is 28.1 Å². The van der Waals surface area contributed by atoms with Crippen LogP contribution in [0.2, 0.25) is 10.2 Å². The summed E-state index contributed by atoms with van der Waals surface area (Å²) in [6.45, 7) is 1.80. The molecule has 2 heterocycles. The van der Waals surface area contributed by atoms with E-state index >= 15 is 0 Å². The summed E-state index contributed by atoms with van der Waals surface area (Å²) in [5.74, 6) is 0.587. The molecule has 0 fully saturated rings. The van der Waals surface area contributed by atoms with Crippen LogP contribution < -0.4 is 5.73 Å². The summed E-state index contributed by atoms with van der Waals surface area (Å²) in [4.78, 5) is 7.73. The average molecular weight is 244 g/mol. The Morgan fingerprint density at radius 1 is 1.33 bits per heavy atom. The molecule has 15 heavy (non-hydrogen) atoms. The van der Waals surface area contributed by atoms with Gasteiger partial charge in [-0.25, -0.2) is 9.67 Å². The predicted molar refractivity (Wildman–Crippen MR) is 58.3 cm³/mol. The molecule has 0 aliphatic carbocycles. The van der Waals surface area contributed by atoms with Gasteiger partial charge >= 0.3 is 0 Å². The second-order valence-electron chi connectivity index (χ2n) is 2.91. The van der Waals surface area contributed by atoms with Gasteiger partial charge in [0, 0.05) is 6.07 Å². The lowest BCUT2D eigenvalue weighted by Crippen LogP contribution is -2.03. The van der Waals surface area contributed by atoms with Gasteiger partial charge in [0.1, 0.15) is 5.15 Å². The van der Waals surface area contributed by atoms with E-state index in [0.29, 0.717) is 16.5 Å². The van der Waals surface area contributed by atoms with Crippen LogP contribution in [0, 0.1) is 6.92 Å². The largest absolute Gasteiger partial charge is 0.368 e. The van der Waals surface area contributed by atoms with Crippen LogP contribution in [-0.2, 0) is 0 Å². The van der Waals surface area contributed by atoms with Crippen molar-refractivity contribution in [3.63, 3.8) is 0 Å². The van der Waals surface area contributed by atoms with Crippen molar-refractivity contribution in [3.8, 4) is 5.82 Å². The molecule has 0 saturated carbocycles. The van der Waals surface area contributed by atoms with Crippen LogP contribution in [0.1, 0.15) is 5.69 Å². The average Bonchev–Trinajstić information content (AvgIpc) is 2.45. The minimum Gasteiger partial charge on any atom is -0.368 e. The summed E-state index contributed by atoms with van der Waals surface area (Å²) in [5.41, 5.74) is 6.17. The minimum atomic E-state index is 0.0989. The molecule has 0 saturated heterocycles. The first-order valence-corrected chi connectivity index (χ1v) is 4.84. The smallest absolute Gasteiger partial charge is 0.223 e. The van der Waals surface area contributed by atoms with Crippen LogP contribution in [0.25, 0.3) is 5.82 Å². The molecule has 0 spiro atoms. The number of aryl methyl sites for hydroxylation is 1. The van der Waals surface area contributed by atoms with Crippen LogP contribution in [0.15, 0.2) is 12.3 Å². The van der Waals surface area contributed by atoms with Crippen LogP contribution in [-0.4, -0.2) is 19.7 Å². The maximum absolute atomic E-state index is 5.87. The number of anilines is 1. The molecule has 2 N–H and O–H groups in total. The van der Waals surface area contributed by atoms with Gasteiger partial charge in [0.2, 0.25) is 5.95 Å². The first kappa shape index (κ1) is 10.2. The van der Waals surface area contributed by atoms with Crippen LogP contribution in [0.4, 0.5) is 5.95 Å². The maximum Gasteiger partial charge on any atom is 0.223 e. The summed E-state index contributed by atoms with van der Waals surface area (Å²) in [6.07, 6.45) is 1.63. The normalized spacial score (nSPS) is 10.6. The molecule has 0 atom stereocenters. The molecule has 2 aromatic rings. The van der Waals surface area contributed by atoms with Crippen LogP contribution in [0.5, 0.6) is 0 Å². The number of rotatable bonds is 1. The first-order valence-electron chi connectivity index (χ1n) is 4.08. The van der Waals surface area contributed by atoms with E-state index in [1.807, 2.05) is 0 Å².